The summed E-state index contributed by atoms with van der Waals surface area (Å²) in [5.74, 6) is 0. The molecule has 0 rings (SSSR count). The predicted octanol–water partition coefficient (Wildman–Crippen LogP) is -0.957. The van der Waals surface area contributed by atoms with Gasteiger partial charge in [0.15, 0.2) is 0 Å². The zero-order valence-electron chi connectivity index (χ0n) is 5.47. The Balaban J connectivity index is -0.000000320. The molecule has 0 saturated heterocycles. The largest absolute Gasteiger partial charge is 0.344 e. The molecule has 0 radical (unpaired) electrons. The van der Waals surface area contributed by atoms with Gasteiger partial charge in [-0.25, -0.2) is 0 Å². The highest BCUT2D eigenvalue weighted by molar-refractivity contribution is 8.02. The van der Waals surface area contributed by atoms with Crippen molar-refractivity contribution in [3.05, 3.63) is 0 Å². The Labute approximate surface area is 64.3 Å². The van der Waals surface area contributed by atoms with Gasteiger partial charge < -0.3 is 12.3 Å². The molecular weight excluding hydrogens is 200 g/mol. The standard InChI is InChI=1S/CH4O6S2.2H3N/c2-8(3,4)1-9(5,6)7;;/h1H2,(H,2,3,4)(H,5,6,7);2*1H3. The number of hydrogen-bond donors (Lipinski definition) is 4. The Hall–Kier alpha value is -0.260. The second-order valence-corrected chi connectivity index (χ2v) is 4.55. The van der Waals surface area contributed by atoms with Crippen LogP contribution >= 0.6 is 0 Å². The minimum atomic E-state index is -4.62. The first-order valence-electron chi connectivity index (χ1n) is 1.61. The van der Waals surface area contributed by atoms with E-state index in [4.69, 9.17) is 9.11 Å². The molecule has 11 heavy (non-hydrogen) atoms. The van der Waals surface area contributed by atoms with Crippen LogP contribution in [0.15, 0.2) is 0 Å². The molecule has 0 heterocycles. The third-order valence-electron chi connectivity index (χ3n) is 0.298. The second-order valence-electron chi connectivity index (χ2n) is 1.28. The van der Waals surface area contributed by atoms with E-state index in [0.717, 1.165) is 0 Å². The highest BCUT2D eigenvalue weighted by Gasteiger charge is 2.15. The first kappa shape index (κ1) is 17.0. The molecule has 8 nitrogen and oxygen atoms in total. The van der Waals surface area contributed by atoms with Crippen LogP contribution in [0.25, 0.3) is 0 Å². The maximum atomic E-state index is 9.66. The lowest BCUT2D eigenvalue weighted by molar-refractivity contribution is 0.471. The summed E-state index contributed by atoms with van der Waals surface area (Å²) in [5.41, 5.74) is 0. The first-order chi connectivity index (χ1) is 3.71. The molecule has 0 amide bonds. The van der Waals surface area contributed by atoms with Gasteiger partial charge >= 0.3 is 0 Å². The van der Waals surface area contributed by atoms with Crippen molar-refractivity contribution in [2.75, 3.05) is 5.08 Å². The zero-order chi connectivity index (χ0) is 7.71. The summed E-state index contributed by atoms with van der Waals surface area (Å²) in [7, 11) is -9.24. The van der Waals surface area contributed by atoms with E-state index in [1.807, 2.05) is 0 Å². The average Bonchev–Trinajstić information content (AvgIpc) is 1.14. The molecule has 0 aliphatic rings. The molecular formula is CH10N2O6S2. The van der Waals surface area contributed by atoms with Crippen LogP contribution in [0, 0.1) is 0 Å². The normalized spacial score (nSPS) is 11.1. The molecule has 0 aromatic heterocycles. The van der Waals surface area contributed by atoms with E-state index >= 15 is 0 Å². The molecule has 0 atom stereocenters. The Kier molecular flexibility index (Phi) is 7.09. The molecule has 10 heteroatoms. The minimum absolute atomic E-state index is 0. The molecule has 0 aliphatic heterocycles. The van der Waals surface area contributed by atoms with Crippen LogP contribution in [0.5, 0.6) is 0 Å². The van der Waals surface area contributed by atoms with Gasteiger partial charge in [-0.15, -0.1) is 0 Å². The van der Waals surface area contributed by atoms with Crippen LogP contribution in [0.3, 0.4) is 0 Å². The fourth-order valence-corrected chi connectivity index (χ4v) is 1.69. The molecule has 72 valence electrons. The molecule has 0 aromatic rings. The highest BCUT2D eigenvalue weighted by atomic mass is 32.3. The van der Waals surface area contributed by atoms with Gasteiger partial charge in [-0.2, -0.15) is 16.8 Å². The Morgan fingerprint density at radius 3 is 1.00 bits per heavy atom. The van der Waals surface area contributed by atoms with Crippen molar-refractivity contribution >= 4 is 20.2 Å². The molecule has 0 bridgehead atoms. The van der Waals surface area contributed by atoms with Crippen LogP contribution in [0.4, 0.5) is 0 Å². The smallest absolute Gasteiger partial charge is 0.281 e. The van der Waals surface area contributed by atoms with Gasteiger partial charge in [-0.1, -0.05) is 0 Å². The quantitative estimate of drug-likeness (QED) is 0.420. The van der Waals surface area contributed by atoms with Crippen LogP contribution in [-0.4, -0.2) is 31.0 Å². The molecule has 8 N–H and O–H groups in total. The van der Waals surface area contributed by atoms with Gasteiger partial charge in [0.05, 0.1) is 0 Å². The van der Waals surface area contributed by atoms with Gasteiger partial charge in [0.2, 0.25) is 5.08 Å². The van der Waals surface area contributed by atoms with E-state index in [1.165, 1.54) is 0 Å². The van der Waals surface area contributed by atoms with E-state index in [9.17, 15) is 16.8 Å². The fourth-order valence-electron chi connectivity index (χ4n) is 0.188. The van der Waals surface area contributed by atoms with Gasteiger partial charge in [0, 0.05) is 0 Å². The van der Waals surface area contributed by atoms with E-state index in [1.54, 1.807) is 0 Å². The molecule has 0 fully saturated rings. The maximum absolute atomic E-state index is 9.66. The molecule has 0 unspecified atom stereocenters. The van der Waals surface area contributed by atoms with Crippen LogP contribution in [0.2, 0.25) is 0 Å². The molecule has 0 spiro atoms. The van der Waals surface area contributed by atoms with E-state index < -0.39 is 25.3 Å². The van der Waals surface area contributed by atoms with E-state index in [-0.39, 0.29) is 12.3 Å². The first-order valence-corrected chi connectivity index (χ1v) is 4.83. The summed E-state index contributed by atoms with van der Waals surface area (Å²) >= 11 is 0. The second kappa shape index (κ2) is 4.58. The fraction of sp³-hybridized carbons (Fsp3) is 1.00. The third-order valence-corrected chi connectivity index (χ3v) is 2.68. The molecule has 0 aliphatic carbocycles. The van der Waals surface area contributed by atoms with E-state index in [2.05, 4.69) is 0 Å². The Bertz CT molecular complexity index is 244. The van der Waals surface area contributed by atoms with E-state index in [0.29, 0.717) is 0 Å². The van der Waals surface area contributed by atoms with Crippen LogP contribution < -0.4 is 12.3 Å². The van der Waals surface area contributed by atoms with Gasteiger partial charge in [0.1, 0.15) is 0 Å². The lowest BCUT2D eigenvalue weighted by atomic mass is 11.9. The lowest BCUT2D eigenvalue weighted by Crippen LogP contribution is -2.13. The monoisotopic (exact) mass is 210 g/mol. The van der Waals surface area contributed by atoms with Gasteiger partial charge in [-0.05, 0) is 0 Å². The summed E-state index contributed by atoms with van der Waals surface area (Å²) < 4.78 is 54.2. The van der Waals surface area contributed by atoms with Crippen LogP contribution in [0.1, 0.15) is 0 Å². The summed E-state index contributed by atoms with van der Waals surface area (Å²) in [6.07, 6.45) is 0. The predicted molar refractivity (Wildman–Crippen MR) is 38.0 cm³/mol. The number of rotatable bonds is 2. The van der Waals surface area contributed by atoms with Gasteiger partial charge in [0.25, 0.3) is 20.2 Å². The lowest BCUT2D eigenvalue weighted by Gasteiger charge is -1.89. The molecule has 0 saturated carbocycles. The highest BCUT2D eigenvalue weighted by Crippen LogP contribution is 1.88. The van der Waals surface area contributed by atoms with Crippen molar-refractivity contribution in [1.29, 1.82) is 0 Å². The van der Waals surface area contributed by atoms with Crippen molar-refractivity contribution in [1.82, 2.24) is 12.3 Å². The summed E-state index contributed by atoms with van der Waals surface area (Å²) in [6.45, 7) is 0. The number of hydrogen-bond acceptors (Lipinski definition) is 6. The Morgan fingerprint density at radius 1 is 0.818 bits per heavy atom. The third kappa shape index (κ3) is 17.7. The maximum Gasteiger partial charge on any atom is 0.281 e. The summed E-state index contributed by atoms with van der Waals surface area (Å²) in [6, 6.07) is 0. The van der Waals surface area contributed by atoms with Crippen molar-refractivity contribution < 1.29 is 25.9 Å². The molecule has 0 aromatic carbocycles. The van der Waals surface area contributed by atoms with Crippen molar-refractivity contribution in [2.24, 2.45) is 0 Å². The van der Waals surface area contributed by atoms with Crippen molar-refractivity contribution in [2.45, 2.75) is 0 Å². The van der Waals surface area contributed by atoms with Crippen molar-refractivity contribution in [3.8, 4) is 0 Å². The zero-order valence-corrected chi connectivity index (χ0v) is 7.10. The topological polar surface area (TPSA) is 179 Å². The average molecular weight is 210 g/mol. The SMILES string of the molecule is N.N.O=S(=O)(O)CS(=O)(=O)O. The summed E-state index contributed by atoms with van der Waals surface area (Å²) in [5, 5.41) is -1.65. The minimum Gasteiger partial charge on any atom is -0.344 e. The van der Waals surface area contributed by atoms with Crippen LogP contribution in [-0.2, 0) is 20.2 Å². The Morgan fingerprint density at radius 2 is 1.00 bits per heavy atom. The van der Waals surface area contributed by atoms with Gasteiger partial charge in [-0.3, -0.25) is 9.11 Å². The summed E-state index contributed by atoms with van der Waals surface area (Å²) in [4.78, 5) is 0. The van der Waals surface area contributed by atoms with Crippen molar-refractivity contribution in [3.63, 3.8) is 0 Å².